The summed E-state index contributed by atoms with van der Waals surface area (Å²) in [6.07, 6.45) is 0. The van der Waals surface area contributed by atoms with Gasteiger partial charge >= 0.3 is 0 Å². The highest BCUT2D eigenvalue weighted by Gasteiger charge is 2.25. The van der Waals surface area contributed by atoms with E-state index >= 15 is 0 Å². The van der Waals surface area contributed by atoms with E-state index in [-0.39, 0.29) is 44.4 Å². The van der Waals surface area contributed by atoms with Crippen LogP contribution in [0.3, 0.4) is 0 Å². The minimum atomic E-state index is -0.484. The standard InChI is InChI=1S/C23H19FO6/c1-26-15-10-9-13-20(25)19-17(28-3)11-16(27-2)18(12-7-5-6-8-14(12)24)23(19)30-21(13)22(15)29-4/h5-11H,1-4H3. The second-order valence-corrected chi connectivity index (χ2v) is 6.45. The zero-order chi connectivity index (χ0) is 21.4. The lowest BCUT2D eigenvalue weighted by molar-refractivity contribution is 0.354. The summed E-state index contributed by atoms with van der Waals surface area (Å²) in [5.74, 6) is 0.730. The van der Waals surface area contributed by atoms with Crippen LogP contribution < -0.4 is 24.4 Å². The van der Waals surface area contributed by atoms with Crippen molar-refractivity contribution in [3.05, 3.63) is 58.5 Å². The largest absolute Gasteiger partial charge is 0.496 e. The second kappa shape index (κ2) is 7.59. The number of hydrogen-bond donors (Lipinski definition) is 0. The van der Waals surface area contributed by atoms with Crippen LogP contribution in [0.25, 0.3) is 33.1 Å². The van der Waals surface area contributed by atoms with Crippen LogP contribution in [0.2, 0.25) is 0 Å². The van der Waals surface area contributed by atoms with E-state index < -0.39 is 5.82 Å². The van der Waals surface area contributed by atoms with Crippen molar-refractivity contribution < 1.29 is 27.8 Å². The molecular weight excluding hydrogens is 391 g/mol. The Morgan fingerprint density at radius 3 is 2.13 bits per heavy atom. The van der Waals surface area contributed by atoms with Gasteiger partial charge in [0, 0.05) is 11.6 Å². The van der Waals surface area contributed by atoms with Gasteiger partial charge in [-0.25, -0.2) is 4.39 Å². The van der Waals surface area contributed by atoms with Crippen LogP contribution in [0.4, 0.5) is 4.39 Å². The number of ether oxygens (including phenoxy) is 4. The van der Waals surface area contributed by atoms with Crippen molar-refractivity contribution in [3.63, 3.8) is 0 Å². The van der Waals surface area contributed by atoms with Crippen LogP contribution in [-0.4, -0.2) is 28.4 Å². The van der Waals surface area contributed by atoms with E-state index in [0.717, 1.165) is 0 Å². The zero-order valence-electron chi connectivity index (χ0n) is 16.9. The molecule has 0 fully saturated rings. The molecule has 6 nitrogen and oxygen atoms in total. The van der Waals surface area contributed by atoms with Crippen molar-refractivity contribution in [1.82, 2.24) is 0 Å². The average molecular weight is 410 g/mol. The minimum Gasteiger partial charge on any atom is -0.496 e. The molecule has 0 atom stereocenters. The van der Waals surface area contributed by atoms with Crippen molar-refractivity contribution >= 4 is 21.9 Å². The molecule has 0 spiro atoms. The predicted molar refractivity (Wildman–Crippen MR) is 112 cm³/mol. The van der Waals surface area contributed by atoms with Gasteiger partial charge in [-0.2, -0.15) is 0 Å². The Labute approximate surface area is 171 Å². The molecule has 3 aromatic carbocycles. The average Bonchev–Trinajstić information content (AvgIpc) is 2.77. The van der Waals surface area contributed by atoms with E-state index in [9.17, 15) is 9.18 Å². The highest BCUT2D eigenvalue weighted by molar-refractivity contribution is 6.04. The third-order valence-corrected chi connectivity index (χ3v) is 4.97. The Kier molecular flexibility index (Phi) is 4.95. The highest BCUT2D eigenvalue weighted by Crippen LogP contribution is 2.44. The summed E-state index contributed by atoms with van der Waals surface area (Å²) >= 11 is 0. The van der Waals surface area contributed by atoms with Crippen molar-refractivity contribution in [2.75, 3.05) is 28.4 Å². The van der Waals surface area contributed by atoms with Gasteiger partial charge < -0.3 is 23.4 Å². The molecule has 0 aliphatic rings. The van der Waals surface area contributed by atoms with Gasteiger partial charge in [0.25, 0.3) is 0 Å². The molecule has 154 valence electrons. The first-order valence-corrected chi connectivity index (χ1v) is 9.07. The summed E-state index contributed by atoms with van der Waals surface area (Å²) in [5.41, 5.74) is 0.494. The number of methoxy groups -OCH3 is 4. The van der Waals surface area contributed by atoms with Gasteiger partial charge in [0.05, 0.1) is 39.4 Å². The number of benzene rings is 3. The fourth-order valence-electron chi connectivity index (χ4n) is 3.59. The maximum Gasteiger partial charge on any atom is 0.204 e. The van der Waals surface area contributed by atoms with Crippen LogP contribution >= 0.6 is 0 Å². The van der Waals surface area contributed by atoms with Crippen LogP contribution in [0.5, 0.6) is 23.0 Å². The maximum absolute atomic E-state index is 14.7. The monoisotopic (exact) mass is 410 g/mol. The zero-order valence-corrected chi connectivity index (χ0v) is 16.9. The van der Waals surface area contributed by atoms with Crippen LogP contribution in [0.15, 0.2) is 51.7 Å². The number of rotatable bonds is 5. The summed E-state index contributed by atoms with van der Waals surface area (Å²) in [4.78, 5) is 13.4. The summed E-state index contributed by atoms with van der Waals surface area (Å²) in [7, 11) is 5.83. The lowest BCUT2D eigenvalue weighted by Gasteiger charge is -2.16. The van der Waals surface area contributed by atoms with E-state index in [4.69, 9.17) is 23.4 Å². The summed E-state index contributed by atoms with van der Waals surface area (Å²) in [6.45, 7) is 0. The van der Waals surface area contributed by atoms with E-state index in [2.05, 4.69) is 0 Å². The molecule has 0 N–H and O–H groups in total. The van der Waals surface area contributed by atoms with E-state index in [1.807, 2.05) is 0 Å². The van der Waals surface area contributed by atoms with Gasteiger partial charge in [-0.1, -0.05) is 18.2 Å². The van der Waals surface area contributed by atoms with Gasteiger partial charge in [-0.15, -0.1) is 0 Å². The molecule has 0 saturated heterocycles. The van der Waals surface area contributed by atoms with Crippen molar-refractivity contribution in [1.29, 1.82) is 0 Å². The molecule has 0 bridgehead atoms. The Hall–Kier alpha value is -3.74. The number of halogens is 1. The molecule has 4 rings (SSSR count). The lowest BCUT2D eigenvalue weighted by atomic mass is 9.99. The predicted octanol–water partition coefficient (Wildman–Crippen LogP) is 4.79. The Morgan fingerprint density at radius 1 is 0.800 bits per heavy atom. The molecule has 0 aliphatic carbocycles. The Morgan fingerprint density at radius 2 is 1.50 bits per heavy atom. The third kappa shape index (κ3) is 2.82. The van der Waals surface area contributed by atoms with Gasteiger partial charge in [-0.05, 0) is 18.2 Å². The smallest absolute Gasteiger partial charge is 0.204 e. The SMILES string of the molecule is COc1ccc2c(=O)c3c(OC)cc(OC)c(-c4ccccc4F)c3oc2c1OC. The first-order chi connectivity index (χ1) is 14.5. The van der Waals surface area contributed by atoms with E-state index in [1.165, 1.54) is 34.5 Å². The molecule has 7 heteroatoms. The topological polar surface area (TPSA) is 67.1 Å². The molecule has 0 radical (unpaired) electrons. The molecule has 0 aliphatic heterocycles. The summed E-state index contributed by atoms with van der Waals surface area (Å²) < 4.78 is 42.6. The summed E-state index contributed by atoms with van der Waals surface area (Å²) in [6, 6.07) is 11.0. The second-order valence-electron chi connectivity index (χ2n) is 6.45. The van der Waals surface area contributed by atoms with Crippen LogP contribution in [0, 0.1) is 5.82 Å². The van der Waals surface area contributed by atoms with Crippen molar-refractivity contribution in [2.45, 2.75) is 0 Å². The molecule has 0 unspecified atom stereocenters. The molecule has 4 aromatic rings. The fraction of sp³-hybridized carbons (Fsp3) is 0.174. The molecule has 30 heavy (non-hydrogen) atoms. The molecular formula is C23H19FO6. The van der Waals surface area contributed by atoms with Crippen molar-refractivity contribution in [3.8, 4) is 34.1 Å². The Balaban J connectivity index is 2.29. The lowest BCUT2D eigenvalue weighted by Crippen LogP contribution is -2.07. The number of fused-ring (bicyclic) bond motifs is 2. The van der Waals surface area contributed by atoms with Gasteiger partial charge in [-0.3, -0.25) is 4.79 Å². The first-order valence-electron chi connectivity index (χ1n) is 9.07. The number of hydrogen-bond acceptors (Lipinski definition) is 6. The normalized spacial score (nSPS) is 11.0. The van der Waals surface area contributed by atoms with Gasteiger partial charge in [0.2, 0.25) is 11.2 Å². The Bertz CT molecular complexity index is 1330. The molecule has 1 heterocycles. The van der Waals surface area contributed by atoms with Crippen molar-refractivity contribution in [2.24, 2.45) is 0 Å². The summed E-state index contributed by atoms with van der Waals surface area (Å²) in [5, 5.41) is 0.458. The van der Waals surface area contributed by atoms with Gasteiger partial charge in [0.15, 0.2) is 16.9 Å². The van der Waals surface area contributed by atoms with Crippen LogP contribution in [-0.2, 0) is 0 Å². The first kappa shape index (κ1) is 19.6. The van der Waals surface area contributed by atoms with Crippen LogP contribution in [0.1, 0.15) is 0 Å². The minimum absolute atomic E-state index is 0.125. The molecule has 1 aromatic heterocycles. The molecule has 0 saturated carbocycles. The van der Waals surface area contributed by atoms with Gasteiger partial charge in [0.1, 0.15) is 22.7 Å². The maximum atomic E-state index is 14.7. The fourth-order valence-corrected chi connectivity index (χ4v) is 3.59. The highest BCUT2D eigenvalue weighted by atomic mass is 19.1. The third-order valence-electron chi connectivity index (χ3n) is 4.97. The van der Waals surface area contributed by atoms with E-state index in [1.54, 1.807) is 36.4 Å². The quantitative estimate of drug-likeness (QED) is 0.441. The van der Waals surface area contributed by atoms with E-state index in [0.29, 0.717) is 17.1 Å². The molecule has 0 amide bonds.